The van der Waals surface area contributed by atoms with E-state index in [4.69, 9.17) is 0 Å². The largest absolute Gasteiger partial charge is 0.0312 e. The Bertz CT molecular complexity index is 64.0. The summed E-state index contributed by atoms with van der Waals surface area (Å²) in [6, 6.07) is 0. The van der Waals surface area contributed by atoms with Crippen LogP contribution in [0.2, 0.25) is 0 Å². The zero-order valence-electron chi connectivity index (χ0n) is 8.95. The molecule has 0 amide bonds. The van der Waals surface area contributed by atoms with Crippen molar-refractivity contribution in [3.63, 3.8) is 0 Å². The van der Waals surface area contributed by atoms with Crippen molar-refractivity contribution in [3.05, 3.63) is 96.3 Å². The fourth-order valence-corrected chi connectivity index (χ4v) is 0.962. The maximum atomic E-state index is 2.00. The standard InChI is InChI=1S/3C5H5.Er/c3*1-2-4-5-3-1;/h3*1-5H;. The van der Waals surface area contributed by atoms with E-state index in [1.165, 1.54) is 0 Å². The average molecular weight is 363 g/mol. The van der Waals surface area contributed by atoms with Gasteiger partial charge in [0.2, 0.25) is 0 Å². The van der Waals surface area contributed by atoms with E-state index in [9.17, 15) is 0 Å². The van der Waals surface area contributed by atoms with Crippen LogP contribution in [0.4, 0.5) is 0 Å². The Labute approximate surface area is 133 Å². The summed E-state index contributed by atoms with van der Waals surface area (Å²) in [7, 11) is 0. The minimum atomic E-state index is 0. The molecule has 87 valence electrons. The molecule has 1 heteroatoms. The van der Waals surface area contributed by atoms with Crippen molar-refractivity contribution in [1.82, 2.24) is 0 Å². The summed E-state index contributed by atoms with van der Waals surface area (Å²) < 4.78 is 0. The Morgan fingerprint density at radius 2 is 0.250 bits per heavy atom. The summed E-state index contributed by atoms with van der Waals surface area (Å²) >= 11 is 0. The summed E-state index contributed by atoms with van der Waals surface area (Å²) in [5.74, 6) is 0. The Kier molecular flexibility index (Phi) is 15.4. The van der Waals surface area contributed by atoms with E-state index in [2.05, 4.69) is 0 Å². The van der Waals surface area contributed by atoms with E-state index in [1.54, 1.807) is 0 Å². The molecule has 0 heterocycles. The molecule has 0 unspecified atom stereocenters. The number of hydrogen-bond donors (Lipinski definition) is 0. The molecular formula is C15H15Er. The van der Waals surface area contributed by atoms with Gasteiger partial charge in [-0.3, -0.25) is 0 Å². The van der Waals surface area contributed by atoms with Gasteiger partial charge in [0, 0.05) is 37.3 Å². The van der Waals surface area contributed by atoms with Crippen LogP contribution in [0.15, 0.2) is 0 Å². The van der Waals surface area contributed by atoms with Gasteiger partial charge in [0.15, 0.2) is 0 Å². The molecule has 3 aliphatic carbocycles. The molecule has 3 saturated carbocycles. The van der Waals surface area contributed by atoms with Crippen molar-refractivity contribution in [1.29, 1.82) is 0 Å². The van der Waals surface area contributed by atoms with Crippen LogP contribution in [0.5, 0.6) is 0 Å². The summed E-state index contributed by atoms with van der Waals surface area (Å²) in [5, 5.41) is 0. The average Bonchev–Trinajstić information content (AvgIpc) is 3.09. The van der Waals surface area contributed by atoms with Crippen LogP contribution in [0.25, 0.3) is 0 Å². The number of rotatable bonds is 0. The molecule has 0 aromatic rings. The van der Waals surface area contributed by atoms with Crippen molar-refractivity contribution in [2.75, 3.05) is 0 Å². The molecule has 0 aromatic carbocycles. The molecule has 0 spiro atoms. The predicted molar refractivity (Wildman–Crippen MR) is 64.5 cm³/mol. The van der Waals surface area contributed by atoms with Crippen LogP contribution < -0.4 is 0 Å². The Hall–Kier alpha value is 1.25. The van der Waals surface area contributed by atoms with Gasteiger partial charge in [-0.1, -0.05) is 0 Å². The van der Waals surface area contributed by atoms with Gasteiger partial charge in [-0.25, -0.2) is 0 Å². The van der Waals surface area contributed by atoms with Crippen LogP contribution in [0.1, 0.15) is 0 Å². The predicted octanol–water partition coefficient (Wildman–Crippen LogP) is 3.06. The third kappa shape index (κ3) is 11.7. The van der Waals surface area contributed by atoms with E-state index in [1.807, 2.05) is 96.3 Å². The SMILES string of the molecule is [CH]1[CH][CH][CH][CH]1.[CH]1[CH][CH][CH][CH]1.[CH]1[CH][CH][CH][CH]1.[Er]. The van der Waals surface area contributed by atoms with Gasteiger partial charge in [0.1, 0.15) is 0 Å². The van der Waals surface area contributed by atoms with E-state index in [0.717, 1.165) is 0 Å². The minimum Gasteiger partial charge on any atom is -0.0312 e. The molecule has 0 saturated heterocycles. The third-order valence-corrected chi connectivity index (χ3v) is 1.67. The molecule has 3 fully saturated rings. The molecule has 0 aromatic heterocycles. The topological polar surface area (TPSA) is 0 Å². The first kappa shape index (κ1) is 17.2. The second kappa shape index (κ2) is 14.3. The van der Waals surface area contributed by atoms with E-state index >= 15 is 0 Å². The zero-order chi connectivity index (χ0) is 10.6. The molecule has 3 rings (SSSR count). The van der Waals surface area contributed by atoms with E-state index in [-0.39, 0.29) is 37.3 Å². The van der Waals surface area contributed by atoms with Crippen molar-refractivity contribution in [2.24, 2.45) is 0 Å². The van der Waals surface area contributed by atoms with E-state index in [0.29, 0.717) is 0 Å². The minimum absolute atomic E-state index is 0. The number of hydrogen-bond acceptors (Lipinski definition) is 0. The maximum absolute atomic E-state index is 2.00. The third-order valence-electron chi connectivity index (χ3n) is 1.67. The van der Waals surface area contributed by atoms with Crippen molar-refractivity contribution in [2.45, 2.75) is 0 Å². The molecule has 0 bridgehead atoms. The molecule has 15 radical (unpaired) electrons. The van der Waals surface area contributed by atoms with Gasteiger partial charge in [-0.05, 0) is 96.3 Å². The first-order chi connectivity index (χ1) is 7.50. The Morgan fingerprint density at radius 1 is 0.188 bits per heavy atom. The van der Waals surface area contributed by atoms with Crippen LogP contribution >= 0.6 is 0 Å². The Morgan fingerprint density at radius 3 is 0.312 bits per heavy atom. The summed E-state index contributed by atoms with van der Waals surface area (Å²) in [4.78, 5) is 0. The quantitative estimate of drug-likeness (QED) is 0.621. The fourth-order valence-electron chi connectivity index (χ4n) is 0.962. The van der Waals surface area contributed by atoms with Crippen molar-refractivity contribution in [3.8, 4) is 0 Å². The van der Waals surface area contributed by atoms with Crippen LogP contribution in [0, 0.1) is 134 Å². The van der Waals surface area contributed by atoms with E-state index < -0.39 is 0 Å². The van der Waals surface area contributed by atoms with Crippen LogP contribution in [0.3, 0.4) is 0 Å². The Balaban J connectivity index is 0.000000205. The van der Waals surface area contributed by atoms with Gasteiger partial charge in [0.25, 0.3) is 0 Å². The summed E-state index contributed by atoms with van der Waals surface area (Å²) in [6.45, 7) is 0. The molecule has 0 aliphatic heterocycles. The second-order valence-corrected chi connectivity index (χ2v) is 2.89. The van der Waals surface area contributed by atoms with Crippen molar-refractivity contribution < 1.29 is 37.3 Å². The maximum Gasteiger partial charge on any atom is 0 e. The first-order valence-corrected chi connectivity index (χ1v) is 5.00. The van der Waals surface area contributed by atoms with Crippen molar-refractivity contribution >= 4 is 0 Å². The van der Waals surface area contributed by atoms with Gasteiger partial charge in [0.05, 0.1) is 0 Å². The normalized spacial score (nSPS) is 22.5. The van der Waals surface area contributed by atoms with Gasteiger partial charge < -0.3 is 0 Å². The fraction of sp³-hybridized carbons (Fsp3) is 0. The summed E-state index contributed by atoms with van der Waals surface area (Å²) in [6.07, 6.45) is 30.0. The molecular weight excluding hydrogens is 347 g/mol. The molecule has 0 atom stereocenters. The molecule has 3 aliphatic rings. The molecule has 0 N–H and O–H groups in total. The van der Waals surface area contributed by atoms with Crippen LogP contribution in [-0.2, 0) is 0 Å². The monoisotopic (exact) mass is 361 g/mol. The van der Waals surface area contributed by atoms with Crippen LogP contribution in [-0.4, -0.2) is 0 Å². The first-order valence-electron chi connectivity index (χ1n) is 5.00. The summed E-state index contributed by atoms with van der Waals surface area (Å²) in [5.41, 5.74) is 0. The van der Waals surface area contributed by atoms with Gasteiger partial charge in [-0.2, -0.15) is 0 Å². The zero-order valence-corrected chi connectivity index (χ0v) is 10.8. The van der Waals surface area contributed by atoms with Gasteiger partial charge >= 0.3 is 0 Å². The molecule has 0 nitrogen and oxygen atoms in total. The second-order valence-electron chi connectivity index (χ2n) is 2.89. The van der Waals surface area contributed by atoms with Gasteiger partial charge in [-0.15, -0.1) is 0 Å². The smallest absolute Gasteiger partial charge is 0 e. The molecule has 16 heavy (non-hydrogen) atoms.